The second-order valence-corrected chi connectivity index (χ2v) is 3.28. The summed E-state index contributed by atoms with van der Waals surface area (Å²) in [4.78, 5) is 21.5. The Kier molecular flexibility index (Phi) is 7.62. The van der Waals surface area contributed by atoms with Gasteiger partial charge < -0.3 is 15.2 Å². The third-order valence-electron chi connectivity index (χ3n) is 1.87. The van der Waals surface area contributed by atoms with E-state index in [1.165, 1.54) is 6.92 Å². The maximum atomic E-state index is 10.9. The molecule has 0 radical (unpaired) electrons. The first-order valence-corrected chi connectivity index (χ1v) is 5.09. The lowest BCUT2D eigenvalue weighted by Crippen LogP contribution is -2.22. The highest BCUT2D eigenvalue weighted by atomic mass is 16.5. The van der Waals surface area contributed by atoms with Crippen LogP contribution in [0, 0.1) is 5.92 Å². The smallest absolute Gasteiger partial charge is 0.305 e. The van der Waals surface area contributed by atoms with E-state index in [2.05, 4.69) is 0 Å². The summed E-state index contributed by atoms with van der Waals surface area (Å²) in [6.45, 7) is 4.07. The largest absolute Gasteiger partial charge is 0.465 e. The van der Waals surface area contributed by atoms with Gasteiger partial charge in [0, 0.05) is 19.3 Å². The Balaban J connectivity index is 3.81. The van der Waals surface area contributed by atoms with Gasteiger partial charge >= 0.3 is 11.9 Å². The van der Waals surface area contributed by atoms with Gasteiger partial charge in [-0.25, -0.2) is 0 Å². The molecule has 0 aromatic carbocycles. The molecule has 0 spiro atoms. The third kappa shape index (κ3) is 7.93. The number of carbonyl (C=O) groups excluding carboxylic acids is 2. The Morgan fingerprint density at radius 2 is 1.87 bits per heavy atom. The molecule has 0 heterocycles. The van der Waals surface area contributed by atoms with Crippen LogP contribution in [-0.4, -0.2) is 31.7 Å². The van der Waals surface area contributed by atoms with Crippen molar-refractivity contribution in [3.63, 3.8) is 0 Å². The molecular weight excluding hydrogens is 198 g/mol. The predicted molar refractivity (Wildman–Crippen MR) is 55.0 cm³/mol. The Morgan fingerprint density at radius 3 is 2.33 bits per heavy atom. The molecule has 2 N–H and O–H groups in total. The summed E-state index contributed by atoms with van der Waals surface area (Å²) < 4.78 is 9.79. The molecule has 0 amide bonds. The summed E-state index contributed by atoms with van der Waals surface area (Å²) in [7, 11) is 0. The Labute approximate surface area is 89.9 Å². The number of hydrogen-bond donors (Lipinski definition) is 1. The van der Waals surface area contributed by atoms with Gasteiger partial charge in [0.2, 0.25) is 0 Å². The van der Waals surface area contributed by atoms with Gasteiger partial charge in [-0.3, -0.25) is 9.59 Å². The van der Waals surface area contributed by atoms with Crippen LogP contribution >= 0.6 is 0 Å². The molecule has 15 heavy (non-hydrogen) atoms. The number of ether oxygens (including phenoxy) is 2. The summed E-state index contributed by atoms with van der Waals surface area (Å²) in [6.07, 6.45) is 1.02. The fourth-order valence-corrected chi connectivity index (χ4v) is 0.999. The van der Waals surface area contributed by atoms with Crippen LogP contribution in [0.25, 0.3) is 0 Å². The van der Waals surface area contributed by atoms with Crippen LogP contribution in [-0.2, 0) is 19.1 Å². The fraction of sp³-hybridized carbons (Fsp3) is 0.800. The second-order valence-electron chi connectivity index (χ2n) is 3.28. The molecule has 1 atom stereocenters. The van der Waals surface area contributed by atoms with Gasteiger partial charge in [-0.1, -0.05) is 6.92 Å². The molecule has 0 saturated heterocycles. The molecule has 0 aliphatic rings. The van der Waals surface area contributed by atoms with E-state index in [4.69, 9.17) is 15.2 Å². The maximum Gasteiger partial charge on any atom is 0.305 e. The lowest BCUT2D eigenvalue weighted by molar-refractivity contribution is -0.147. The number of hydrogen-bond acceptors (Lipinski definition) is 5. The van der Waals surface area contributed by atoms with Gasteiger partial charge in [-0.15, -0.1) is 0 Å². The van der Waals surface area contributed by atoms with Gasteiger partial charge in [0.25, 0.3) is 0 Å². The zero-order chi connectivity index (χ0) is 11.7. The minimum atomic E-state index is -0.334. The predicted octanol–water partition coefficient (Wildman–Crippen LogP) is 0.468. The zero-order valence-corrected chi connectivity index (χ0v) is 9.32. The average molecular weight is 217 g/mol. The van der Waals surface area contributed by atoms with Crippen LogP contribution in [0.4, 0.5) is 0 Å². The van der Waals surface area contributed by atoms with Crippen molar-refractivity contribution in [1.29, 1.82) is 0 Å². The highest BCUT2D eigenvalue weighted by Gasteiger charge is 2.12. The first kappa shape index (κ1) is 13.9. The Hall–Kier alpha value is -1.10. The van der Waals surface area contributed by atoms with Crippen molar-refractivity contribution in [1.82, 2.24) is 0 Å². The zero-order valence-electron chi connectivity index (χ0n) is 9.32. The summed E-state index contributed by atoms with van der Waals surface area (Å²) in [5, 5.41) is 0. The average Bonchev–Trinajstić information content (AvgIpc) is 2.21. The van der Waals surface area contributed by atoms with E-state index in [0.29, 0.717) is 19.4 Å². The molecular formula is C10H19NO4. The summed E-state index contributed by atoms with van der Waals surface area (Å²) >= 11 is 0. The van der Waals surface area contributed by atoms with E-state index in [1.807, 2.05) is 0 Å². The molecule has 0 rings (SSSR count). The standard InChI is InChI=1S/C10H19NO4/c1-3-10(13)15-7-9(4-5-11)6-14-8(2)12/h9H,3-7,11H2,1-2H3. The lowest BCUT2D eigenvalue weighted by Gasteiger charge is -2.15. The molecule has 1 unspecified atom stereocenters. The third-order valence-corrected chi connectivity index (χ3v) is 1.87. The molecule has 0 saturated carbocycles. The summed E-state index contributed by atoms with van der Waals surface area (Å²) in [6, 6.07) is 0. The molecule has 5 heteroatoms. The van der Waals surface area contributed by atoms with E-state index < -0.39 is 0 Å². The number of nitrogens with two attached hydrogens (primary N) is 1. The van der Waals surface area contributed by atoms with Gasteiger partial charge in [0.15, 0.2) is 0 Å². The number of rotatable bonds is 7. The fourth-order valence-electron chi connectivity index (χ4n) is 0.999. The van der Waals surface area contributed by atoms with Crippen LogP contribution in [0.2, 0.25) is 0 Å². The summed E-state index contributed by atoms with van der Waals surface area (Å²) in [5.74, 6) is -0.590. The van der Waals surface area contributed by atoms with Crippen molar-refractivity contribution in [3.8, 4) is 0 Å². The highest BCUT2D eigenvalue weighted by Crippen LogP contribution is 2.04. The monoisotopic (exact) mass is 217 g/mol. The molecule has 0 aliphatic heterocycles. The van der Waals surface area contributed by atoms with E-state index >= 15 is 0 Å². The minimum Gasteiger partial charge on any atom is -0.465 e. The van der Waals surface area contributed by atoms with Crippen LogP contribution in [0.15, 0.2) is 0 Å². The van der Waals surface area contributed by atoms with E-state index in [9.17, 15) is 9.59 Å². The van der Waals surface area contributed by atoms with E-state index in [-0.39, 0.29) is 31.1 Å². The van der Waals surface area contributed by atoms with Gasteiger partial charge in [-0.2, -0.15) is 0 Å². The first-order chi connectivity index (χ1) is 7.10. The molecule has 0 aromatic heterocycles. The molecule has 0 aliphatic carbocycles. The van der Waals surface area contributed by atoms with Crippen LogP contribution in [0.3, 0.4) is 0 Å². The Morgan fingerprint density at radius 1 is 1.27 bits per heavy atom. The number of carbonyl (C=O) groups is 2. The SMILES string of the molecule is CCC(=O)OCC(CCN)COC(C)=O. The van der Waals surface area contributed by atoms with Crippen LogP contribution < -0.4 is 5.73 Å². The number of esters is 2. The van der Waals surface area contributed by atoms with Gasteiger partial charge in [-0.05, 0) is 13.0 Å². The molecule has 0 fully saturated rings. The Bertz CT molecular complexity index is 206. The summed E-state index contributed by atoms with van der Waals surface area (Å²) in [5.41, 5.74) is 5.39. The van der Waals surface area contributed by atoms with Crippen molar-refractivity contribution in [2.24, 2.45) is 11.7 Å². The quantitative estimate of drug-likeness (QED) is 0.627. The second kappa shape index (κ2) is 8.23. The van der Waals surface area contributed by atoms with Crippen LogP contribution in [0.5, 0.6) is 0 Å². The highest BCUT2D eigenvalue weighted by molar-refractivity contribution is 5.68. The molecule has 0 aromatic rings. The van der Waals surface area contributed by atoms with Crippen LogP contribution in [0.1, 0.15) is 26.7 Å². The lowest BCUT2D eigenvalue weighted by atomic mass is 10.1. The van der Waals surface area contributed by atoms with Crippen molar-refractivity contribution in [2.45, 2.75) is 26.7 Å². The van der Waals surface area contributed by atoms with E-state index in [1.54, 1.807) is 6.92 Å². The van der Waals surface area contributed by atoms with Gasteiger partial charge in [0.05, 0.1) is 13.2 Å². The normalized spacial score (nSPS) is 11.9. The van der Waals surface area contributed by atoms with Crippen molar-refractivity contribution in [3.05, 3.63) is 0 Å². The van der Waals surface area contributed by atoms with E-state index in [0.717, 1.165) is 0 Å². The topological polar surface area (TPSA) is 78.6 Å². The maximum absolute atomic E-state index is 10.9. The first-order valence-electron chi connectivity index (χ1n) is 5.09. The van der Waals surface area contributed by atoms with Crippen molar-refractivity contribution < 1.29 is 19.1 Å². The molecule has 88 valence electrons. The molecule has 0 bridgehead atoms. The minimum absolute atomic E-state index is 0.00519. The van der Waals surface area contributed by atoms with Gasteiger partial charge in [0.1, 0.15) is 0 Å². The molecule has 5 nitrogen and oxygen atoms in total. The van der Waals surface area contributed by atoms with Crippen molar-refractivity contribution >= 4 is 11.9 Å². The van der Waals surface area contributed by atoms with Crippen molar-refractivity contribution in [2.75, 3.05) is 19.8 Å².